The van der Waals surface area contributed by atoms with Crippen LogP contribution in [0.1, 0.15) is 24.1 Å². The molecule has 18 heavy (non-hydrogen) atoms. The average Bonchev–Trinajstić information content (AvgIpc) is 2.85. The molecule has 0 aromatic heterocycles. The number of hydrogen-bond acceptors (Lipinski definition) is 3. The molecule has 0 saturated heterocycles. The van der Waals surface area contributed by atoms with Crippen LogP contribution < -0.4 is 10.1 Å². The van der Waals surface area contributed by atoms with E-state index in [0.29, 0.717) is 6.04 Å². The highest BCUT2D eigenvalue weighted by atomic mass is 32.2. The van der Waals surface area contributed by atoms with Gasteiger partial charge in [-0.1, -0.05) is 18.1 Å². The van der Waals surface area contributed by atoms with Crippen LogP contribution in [0.25, 0.3) is 0 Å². The Balaban J connectivity index is 1.82. The molecule has 0 radical (unpaired) electrons. The van der Waals surface area contributed by atoms with Crippen LogP contribution in [0.15, 0.2) is 18.2 Å². The quantitative estimate of drug-likeness (QED) is 0.628. The second-order valence-corrected chi connectivity index (χ2v) is 5.50. The summed E-state index contributed by atoms with van der Waals surface area (Å²) in [5.41, 5.74) is 2.67. The lowest BCUT2D eigenvalue weighted by Gasteiger charge is -2.14. The van der Waals surface area contributed by atoms with Gasteiger partial charge in [-0.3, -0.25) is 0 Å². The van der Waals surface area contributed by atoms with Crippen LogP contribution in [-0.4, -0.2) is 24.7 Å². The van der Waals surface area contributed by atoms with Crippen LogP contribution >= 0.6 is 11.8 Å². The van der Waals surface area contributed by atoms with Crippen LogP contribution in [0.2, 0.25) is 0 Å². The first-order valence-electron chi connectivity index (χ1n) is 6.31. The minimum Gasteiger partial charge on any atom is -0.493 e. The third-order valence-electron chi connectivity index (χ3n) is 3.10. The molecule has 1 aromatic rings. The van der Waals surface area contributed by atoms with Crippen molar-refractivity contribution in [1.29, 1.82) is 0 Å². The lowest BCUT2D eigenvalue weighted by Crippen LogP contribution is -2.21. The van der Waals surface area contributed by atoms with Crippen molar-refractivity contribution in [1.82, 2.24) is 5.32 Å². The number of ether oxygens (including phenoxy) is 1. The van der Waals surface area contributed by atoms with Crippen molar-refractivity contribution < 1.29 is 4.74 Å². The van der Waals surface area contributed by atoms with Gasteiger partial charge in [-0.15, -0.1) is 18.2 Å². The topological polar surface area (TPSA) is 21.3 Å². The molecular formula is C15H19NOS. The molecule has 1 heterocycles. The maximum absolute atomic E-state index is 5.52. The first-order valence-corrected chi connectivity index (χ1v) is 7.47. The van der Waals surface area contributed by atoms with E-state index in [-0.39, 0.29) is 0 Å². The molecule has 0 aliphatic carbocycles. The summed E-state index contributed by atoms with van der Waals surface area (Å²) in [6, 6.07) is 6.87. The molecule has 96 valence electrons. The third-order valence-corrected chi connectivity index (χ3v) is 3.96. The van der Waals surface area contributed by atoms with Crippen molar-refractivity contribution >= 4 is 11.8 Å². The van der Waals surface area contributed by atoms with Gasteiger partial charge in [-0.2, -0.15) is 0 Å². The molecule has 1 unspecified atom stereocenters. The van der Waals surface area contributed by atoms with Crippen molar-refractivity contribution in [3.05, 3.63) is 29.3 Å². The second kappa shape index (κ2) is 6.72. The Morgan fingerprint density at radius 3 is 3.28 bits per heavy atom. The number of rotatable bonds is 6. The minimum atomic E-state index is 0.377. The number of terminal acetylenes is 1. The van der Waals surface area contributed by atoms with Crippen LogP contribution in [-0.2, 0) is 6.42 Å². The van der Waals surface area contributed by atoms with Crippen molar-refractivity contribution in [2.24, 2.45) is 0 Å². The lowest BCUT2D eigenvalue weighted by molar-refractivity contribution is 0.356. The number of thioether (sulfide) groups is 1. The Labute approximate surface area is 113 Å². The first kappa shape index (κ1) is 13.3. The Morgan fingerprint density at radius 2 is 2.44 bits per heavy atom. The van der Waals surface area contributed by atoms with Crippen LogP contribution in [0, 0.1) is 12.3 Å². The number of hydrogen-bond donors (Lipinski definition) is 1. The maximum Gasteiger partial charge on any atom is 0.122 e. The molecule has 1 atom stereocenters. The highest BCUT2D eigenvalue weighted by Crippen LogP contribution is 2.27. The highest BCUT2D eigenvalue weighted by molar-refractivity contribution is 7.99. The molecule has 1 aromatic carbocycles. The van der Waals surface area contributed by atoms with Crippen LogP contribution in [0.4, 0.5) is 0 Å². The van der Waals surface area contributed by atoms with Gasteiger partial charge in [-0.05, 0) is 24.1 Å². The second-order valence-electron chi connectivity index (χ2n) is 4.40. The normalized spacial score (nSPS) is 14.7. The van der Waals surface area contributed by atoms with Gasteiger partial charge in [-0.25, -0.2) is 0 Å². The summed E-state index contributed by atoms with van der Waals surface area (Å²) >= 11 is 1.79. The molecule has 3 heteroatoms. The molecule has 0 spiro atoms. The zero-order chi connectivity index (χ0) is 12.8. The Morgan fingerprint density at radius 1 is 1.56 bits per heavy atom. The smallest absolute Gasteiger partial charge is 0.122 e. The molecular weight excluding hydrogens is 242 g/mol. The zero-order valence-corrected chi connectivity index (χ0v) is 11.6. The summed E-state index contributed by atoms with van der Waals surface area (Å²) in [6.07, 6.45) is 6.25. The fourth-order valence-corrected chi connectivity index (χ4v) is 2.60. The Bertz CT molecular complexity index is 439. The third kappa shape index (κ3) is 3.44. The molecule has 0 amide bonds. The molecule has 0 bridgehead atoms. The maximum atomic E-state index is 5.52. The van der Waals surface area contributed by atoms with E-state index in [1.165, 1.54) is 11.1 Å². The van der Waals surface area contributed by atoms with Crippen LogP contribution in [0.5, 0.6) is 5.75 Å². The fraction of sp³-hybridized carbons (Fsp3) is 0.467. The SMILES string of the molecule is C#CCSCCNC(C)c1ccc2c(c1)CCO2. The predicted octanol–water partition coefficient (Wildman–Crippen LogP) is 2.64. The molecule has 1 N–H and O–H groups in total. The highest BCUT2D eigenvalue weighted by Gasteiger charge is 2.14. The molecule has 1 aliphatic rings. The molecule has 1 aliphatic heterocycles. The van der Waals surface area contributed by atoms with E-state index in [4.69, 9.17) is 11.2 Å². The van der Waals surface area contributed by atoms with Gasteiger partial charge in [0.1, 0.15) is 5.75 Å². The van der Waals surface area contributed by atoms with Gasteiger partial charge in [0.2, 0.25) is 0 Å². The summed E-state index contributed by atoms with van der Waals surface area (Å²) in [6.45, 7) is 4.01. The Kier molecular flexibility index (Phi) is 4.98. The summed E-state index contributed by atoms with van der Waals surface area (Å²) in [4.78, 5) is 0. The number of fused-ring (bicyclic) bond motifs is 1. The van der Waals surface area contributed by atoms with Crippen molar-refractivity contribution in [3.63, 3.8) is 0 Å². The number of benzene rings is 1. The molecule has 0 saturated carbocycles. The minimum absolute atomic E-state index is 0.377. The molecule has 2 nitrogen and oxygen atoms in total. The zero-order valence-electron chi connectivity index (χ0n) is 10.7. The van der Waals surface area contributed by atoms with Gasteiger partial charge >= 0.3 is 0 Å². The van der Waals surface area contributed by atoms with E-state index in [1.54, 1.807) is 11.8 Å². The van der Waals surface area contributed by atoms with Gasteiger partial charge in [0.25, 0.3) is 0 Å². The Hall–Kier alpha value is -1.11. The van der Waals surface area contributed by atoms with Gasteiger partial charge in [0.15, 0.2) is 0 Å². The number of nitrogens with one attached hydrogen (secondary N) is 1. The van der Waals surface area contributed by atoms with Crippen molar-refractivity contribution in [2.75, 3.05) is 24.7 Å². The largest absolute Gasteiger partial charge is 0.493 e. The lowest BCUT2D eigenvalue weighted by atomic mass is 10.0. The summed E-state index contributed by atoms with van der Waals surface area (Å²) in [5, 5.41) is 3.52. The van der Waals surface area contributed by atoms with E-state index in [2.05, 4.69) is 36.4 Å². The van der Waals surface area contributed by atoms with E-state index >= 15 is 0 Å². The summed E-state index contributed by atoms with van der Waals surface area (Å²) in [5.74, 6) is 5.54. The molecule has 2 rings (SSSR count). The van der Waals surface area contributed by atoms with Gasteiger partial charge in [0, 0.05) is 24.8 Å². The van der Waals surface area contributed by atoms with Crippen molar-refractivity contribution in [2.45, 2.75) is 19.4 Å². The summed E-state index contributed by atoms with van der Waals surface area (Å²) < 4.78 is 5.52. The van der Waals surface area contributed by atoms with Crippen molar-refractivity contribution in [3.8, 4) is 18.1 Å². The van der Waals surface area contributed by atoms with E-state index in [1.807, 2.05) is 0 Å². The summed E-state index contributed by atoms with van der Waals surface area (Å²) in [7, 11) is 0. The van der Waals surface area contributed by atoms with Crippen LogP contribution in [0.3, 0.4) is 0 Å². The average molecular weight is 261 g/mol. The monoisotopic (exact) mass is 261 g/mol. The predicted molar refractivity (Wildman–Crippen MR) is 78.2 cm³/mol. The standard InChI is InChI=1S/C15H19NOS/c1-3-9-18-10-7-16-12(2)13-4-5-15-14(11-13)6-8-17-15/h1,4-5,11-12,16H,6-10H2,2H3. The van der Waals surface area contributed by atoms with Gasteiger partial charge < -0.3 is 10.1 Å². The van der Waals surface area contributed by atoms with E-state index < -0.39 is 0 Å². The van der Waals surface area contributed by atoms with Gasteiger partial charge in [0.05, 0.1) is 12.4 Å². The first-order chi connectivity index (χ1) is 8.81. The van der Waals surface area contributed by atoms with E-state index in [0.717, 1.165) is 36.8 Å². The van der Waals surface area contributed by atoms with E-state index in [9.17, 15) is 0 Å². The molecule has 0 fully saturated rings. The fourth-order valence-electron chi connectivity index (χ4n) is 2.07.